The third kappa shape index (κ3) is 9.35. The minimum Gasteiger partial charge on any atom is -0.497 e. The summed E-state index contributed by atoms with van der Waals surface area (Å²) in [4.78, 5) is 54.3. The first kappa shape index (κ1) is 32.1. The smallest absolute Gasteiger partial charge is 0.243 e. The van der Waals surface area contributed by atoms with Gasteiger partial charge in [0.15, 0.2) is 5.78 Å². The van der Waals surface area contributed by atoms with Crippen LogP contribution in [0.15, 0.2) is 66.7 Å². The zero-order valence-electron chi connectivity index (χ0n) is 25.6. The molecule has 0 radical (unpaired) electrons. The number of nitrogens with zero attached hydrogens (tertiary/aromatic N) is 1. The Labute approximate surface area is 255 Å². The highest BCUT2D eigenvalue weighted by atomic mass is 16.5. The van der Waals surface area contributed by atoms with Gasteiger partial charge in [-0.05, 0) is 55.3 Å². The maximum absolute atomic E-state index is 13.8. The van der Waals surface area contributed by atoms with Crippen LogP contribution in [0.25, 0.3) is 0 Å². The topological polar surface area (TPSA) is 105 Å². The largest absolute Gasteiger partial charge is 0.497 e. The number of allylic oxidation sites excluding steroid dienone is 1. The van der Waals surface area contributed by atoms with Crippen molar-refractivity contribution >= 4 is 23.4 Å². The van der Waals surface area contributed by atoms with Crippen LogP contribution in [0, 0.1) is 11.8 Å². The zero-order valence-corrected chi connectivity index (χ0v) is 25.6. The van der Waals surface area contributed by atoms with E-state index in [0.717, 1.165) is 24.8 Å². The molecule has 2 aromatic rings. The molecule has 2 aliphatic rings. The lowest BCUT2D eigenvalue weighted by Crippen LogP contribution is -2.57. The number of ether oxygens (including phenoxy) is 1. The third-order valence-corrected chi connectivity index (χ3v) is 8.47. The Balaban J connectivity index is 1.47. The third-order valence-electron chi connectivity index (χ3n) is 8.47. The first-order valence-electron chi connectivity index (χ1n) is 15.5. The van der Waals surface area contributed by atoms with Crippen LogP contribution in [0.3, 0.4) is 0 Å². The number of ketones is 2. The van der Waals surface area contributed by atoms with Crippen LogP contribution in [-0.2, 0) is 20.8 Å². The minimum atomic E-state index is -0.782. The first-order chi connectivity index (χ1) is 20.7. The molecule has 43 heavy (non-hydrogen) atoms. The summed E-state index contributed by atoms with van der Waals surface area (Å²) in [6.45, 7) is 4.83. The van der Waals surface area contributed by atoms with Gasteiger partial charge in [0, 0.05) is 30.9 Å². The number of piperidine rings is 1. The molecule has 0 bridgehead atoms. The van der Waals surface area contributed by atoms with E-state index in [9.17, 15) is 19.2 Å². The molecule has 1 unspecified atom stereocenters. The lowest BCUT2D eigenvalue weighted by molar-refractivity contribution is -0.133. The van der Waals surface area contributed by atoms with E-state index in [4.69, 9.17) is 4.74 Å². The van der Waals surface area contributed by atoms with Crippen LogP contribution in [0.5, 0.6) is 5.75 Å². The number of methoxy groups -OCH3 is 1. The van der Waals surface area contributed by atoms with Crippen molar-refractivity contribution in [2.24, 2.45) is 11.8 Å². The van der Waals surface area contributed by atoms with Gasteiger partial charge in [-0.25, -0.2) is 0 Å². The van der Waals surface area contributed by atoms with Gasteiger partial charge in [0.2, 0.25) is 11.8 Å². The molecule has 0 spiro atoms. The molecular formula is C35H45N3O5. The Morgan fingerprint density at radius 2 is 1.81 bits per heavy atom. The van der Waals surface area contributed by atoms with E-state index >= 15 is 0 Å². The lowest BCUT2D eigenvalue weighted by atomic mass is 9.97. The molecule has 2 fully saturated rings. The van der Waals surface area contributed by atoms with E-state index in [-0.39, 0.29) is 47.8 Å². The predicted molar refractivity (Wildman–Crippen MR) is 167 cm³/mol. The van der Waals surface area contributed by atoms with Crippen LogP contribution < -0.4 is 15.4 Å². The van der Waals surface area contributed by atoms with Gasteiger partial charge in [0.05, 0.1) is 19.7 Å². The van der Waals surface area contributed by atoms with Crippen LogP contribution >= 0.6 is 0 Å². The van der Waals surface area contributed by atoms with Crippen molar-refractivity contribution in [2.45, 2.75) is 76.9 Å². The maximum Gasteiger partial charge on any atom is 0.243 e. The second-order valence-corrected chi connectivity index (χ2v) is 12.1. The molecule has 1 saturated carbocycles. The highest BCUT2D eigenvalue weighted by Gasteiger charge is 2.33. The number of likely N-dealkylation sites (tertiary alicyclic amines) is 1. The molecule has 8 nitrogen and oxygen atoms in total. The Bertz CT molecular complexity index is 1290. The Morgan fingerprint density at radius 1 is 1.02 bits per heavy atom. The van der Waals surface area contributed by atoms with Gasteiger partial charge in [-0.3, -0.25) is 24.1 Å². The fraction of sp³-hybridized carbons (Fsp3) is 0.486. The molecule has 0 aromatic heterocycles. The van der Waals surface area contributed by atoms with E-state index < -0.39 is 12.1 Å². The van der Waals surface area contributed by atoms with E-state index in [2.05, 4.69) is 16.7 Å². The highest BCUT2D eigenvalue weighted by Crippen LogP contribution is 2.24. The van der Waals surface area contributed by atoms with E-state index in [1.807, 2.05) is 55.2 Å². The van der Waals surface area contributed by atoms with Gasteiger partial charge >= 0.3 is 0 Å². The summed E-state index contributed by atoms with van der Waals surface area (Å²) in [6.07, 6.45) is 8.81. The number of hydrogen-bond donors (Lipinski definition) is 2. The van der Waals surface area contributed by atoms with Gasteiger partial charge in [-0.1, -0.05) is 74.9 Å². The number of nitrogens with one attached hydrogen (secondary N) is 2. The van der Waals surface area contributed by atoms with Crippen molar-refractivity contribution in [1.29, 1.82) is 0 Å². The SMILES string of the molecule is COc1cccc(C(=O)CN2CCCC[C@H]2C(=O)N[C@@H](Cc2ccccc2)C(=O)N[C@H](/C=C/C2CCC(=O)C2)C(C)C)c1. The maximum atomic E-state index is 13.8. The molecule has 2 N–H and O–H groups in total. The summed E-state index contributed by atoms with van der Waals surface area (Å²) < 4.78 is 5.27. The first-order valence-corrected chi connectivity index (χ1v) is 15.5. The second kappa shape index (κ2) is 15.6. The molecule has 1 aliphatic carbocycles. The summed E-state index contributed by atoms with van der Waals surface area (Å²) in [5, 5.41) is 6.20. The molecule has 8 heteroatoms. The number of hydrogen-bond acceptors (Lipinski definition) is 6. The van der Waals surface area contributed by atoms with Crippen molar-refractivity contribution in [3.05, 3.63) is 77.9 Å². The Morgan fingerprint density at radius 3 is 2.51 bits per heavy atom. The summed E-state index contributed by atoms with van der Waals surface area (Å²) in [5.74, 6) is 0.664. The van der Waals surface area contributed by atoms with Crippen molar-refractivity contribution in [3.8, 4) is 5.75 Å². The average Bonchev–Trinajstić information content (AvgIpc) is 3.44. The van der Waals surface area contributed by atoms with E-state index in [1.165, 1.54) is 0 Å². The number of amides is 2. The van der Waals surface area contributed by atoms with Crippen LogP contribution in [0.1, 0.15) is 68.3 Å². The molecule has 230 valence electrons. The molecule has 1 saturated heterocycles. The number of Topliss-reactive ketones (excluding diaryl/α,β-unsaturated/α-hetero) is 2. The number of benzene rings is 2. The summed E-state index contributed by atoms with van der Waals surface area (Å²) in [5.41, 5.74) is 1.48. The van der Waals surface area contributed by atoms with Gasteiger partial charge in [-0.15, -0.1) is 0 Å². The zero-order chi connectivity index (χ0) is 30.8. The molecule has 4 atom stereocenters. The van der Waals surface area contributed by atoms with Gasteiger partial charge in [0.25, 0.3) is 0 Å². The van der Waals surface area contributed by atoms with Crippen LogP contribution in [0.4, 0.5) is 0 Å². The molecule has 2 amide bonds. The van der Waals surface area contributed by atoms with E-state index in [1.54, 1.807) is 31.4 Å². The summed E-state index contributed by atoms with van der Waals surface area (Å²) in [6, 6.07) is 15.2. The Kier molecular flexibility index (Phi) is 11.7. The van der Waals surface area contributed by atoms with Crippen molar-refractivity contribution in [3.63, 3.8) is 0 Å². The lowest BCUT2D eigenvalue weighted by Gasteiger charge is -2.35. The van der Waals surface area contributed by atoms with Crippen LogP contribution in [-0.4, -0.2) is 66.6 Å². The summed E-state index contributed by atoms with van der Waals surface area (Å²) in [7, 11) is 1.56. The van der Waals surface area contributed by atoms with Crippen molar-refractivity contribution in [2.75, 3.05) is 20.2 Å². The van der Waals surface area contributed by atoms with Gasteiger partial charge in [0.1, 0.15) is 17.6 Å². The Hall–Kier alpha value is -3.78. The molecule has 1 aliphatic heterocycles. The number of carbonyl (C=O) groups is 4. The fourth-order valence-corrected chi connectivity index (χ4v) is 5.86. The normalized spacial score (nSPS) is 20.6. The highest BCUT2D eigenvalue weighted by molar-refractivity contribution is 5.98. The number of carbonyl (C=O) groups excluding carboxylic acids is 4. The quantitative estimate of drug-likeness (QED) is 0.264. The monoisotopic (exact) mass is 587 g/mol. The van der Waals surface area contributed by atoms with Crippen molar-refractivity contribution in [1.82, 2.24) is 15.5 Å². The second-order valence-electron chi connectivity index (χ2n) is 12.1. The fourth-order valence-electron chi connectivity index (χ4n) is 5.86. The molecule has 1 heterocycles. The van der Waals surface area contributed by atoms with Crippen molar-refractivity contribution < 1.29 is 23.9 Å². The number of rotatable bonds is 13. The molecular weight excluding hydrogens is 542 g/mol. The molecule has 2 aromatic carbocycles. The predicted octanol–water partition coefficient (Wildman–Crippen LogP) is 4.53. The average molecular weight is 588 g/mol. The minimum absolute atomic E-state index is 0.0762. The molecule has 4 rings (SSSR count). The van der Waals surface area contributed by atoms with Gasteiger partial charge in [-0.2, -0.15) is 0 Å². The summed E-state index contributed by atoms with van der Waals surface area (Å²) >= 11 is 0. The van der Waals surface area contributed by atoms with E-state index in [0.29, 0.717) is 43.5 Å². The van der Waals surface area contributed by atoms with Gasteiger partial charge < -0.3 is 15.4 Å². The van der Waals surface area contributed by atoms with Crippen LogP contribution in [0.2, 0.25) is 0 Å². The standard InChI is InChI=1S/C35H45N3O5/c1-24(2)30(18-16-26-15-17-28(39)20-26)36-34(41)31(21-25-10-5-4-6-11-25)37-35(42)32-14-7-8-19-38(32)23-33(40)27-12-9-13-29(22-27)43-3/h4-6,9-13,16,18,22,24,26,30-32H,7-8,14-15,17,19-21,23H2,1-3H3,(H,36,41)(H,37,42)/b18-16+/t26?,30-,31+,32+/m1/s1.